The fourth-order valence-corrected chi connectivity index (χ4v) is 4.79. The molecule has 0 saturated heterocycles. The van der Waals surface area contributed by atoms with Gasteiger partial charge in [-0.05, 0) is 50.1 Å². The predicted molar refractivity (Wildman–Crippen MR) is 120 cm³/mol. The normalized spacial score (nSPS) is 14.5. The molecule has 7 heteroatoms. The average Bonchev–Trinajstić information content (AvgIpc) is 3.45. The second kappa shape index (κ2) is 7.27. The second-order valence-electron chi connectivity index (χ2n) is 8.25. The number of rotatable bonds is 4. The summed E-state index contributed by atoms with van der Waals surface area (Å²) in [6, 6.07) is 15.3. The Morgan fingerprint density at radius 3 is 2.48 bits per heavy atom. The lowest BCUT2D eigenvalue weighted by Crippen LogP contribution is -2.20. The summed E-state index contributed by atoms with van der Waals surface area (Å²) in [6.07, 6.45) is 4.42. The third kappa shape index (κ3) is 3.00. The second-order valence-corrected chi connectivity index (χ2v) is 8.25. The van der Waals surface area contributed by atoms with Crippen molar-refractivity contribution in [1.82, 2.24) is 18.9 Å². The number of hydrogen-bond acceptors (Lipinski definition) is 3. The first-order chi connectivity index (χ1) is 15.0. The highest BCUT2D eigenvalue weighted by Gasteiger charge is 2.28. The number of fused-ring (bicyclic) bond motifs is 1. The molecule has 1 aliphatic rings. The molecule has 2 heterocycles. The first kappa shape index (κ1) is 19.4. The van der Waals surface area contributed by atoms with Gasteiger partial charge < -0.3 is 10.3 Å². The summed E-state index contributed by atoms with van der Waals surface area (Å²) in [4.78, 5) is 30.2. The summed E-state index contributed by atoms with van der Waals surface area (Å²) in [7, 11) is 1.89. The van der Waals surface area contributed by atoms with E-state index < -0.39 is 5.91 Å². The minimum absolute atomic E-state index is 0.101. The molecule has 1 amide bonds. The van der Waals surface area contributed by atoms with Crippen LogP contribution in [0.15, 0.2) is 53.3 Å². The van der Waals surface area contributed by atoms with Crippen molar-refractivity contribution in [3.63, 3.8) is 0 Å². The van der Waals surface area contributed by atoms with Crippen LogP contribution in [0.1, 0.15) is 47.8 Å². The molecule has 2 aromatic carbocycles. The minimum atomic E-state index is -0.485. The molecule has 0 unspecified atom stereocenters. The van der Waals surface area contributed by atoms with Gasteiger partial charge in [-0.25, -0.2) is 9.67 Å². The van der Waals surface area contributed by atoms with Gasteiger partial charge in [-0.1, -0.05) is 31.0 Å². The van der Waals surface area contributed by atoms with E-state index in [1.165, 1.54) is 0 Å². The van der Waals surface area contributed by atoms with Gasteiger partial charge in [0.05, 0.1) is 16.7 Å². The van der Waals surface area contributed by atoms with Crippen LogP contribution in [0, 0.1) is 6.92 Å². The van der Waals surface area contributed by atoms with Crippen LogP contribution in [0.3, 0.4) is 0 Å². The van der Waals surface area contributed by atoms with E-state index in [0.717, 1.165) is 42.6 Å². The van der Waals surface area contributed by atoms with Gasteiger partial charge in [0.15, 0.2) is 0 Å². The van der Waals surface area contributed by atoms with E-state index in [-0.39, 0.29) is 11.6 Å². The minimum Gasteiger partial charge on any atom is -0.366 e. The molecule has 2 N–H and O–H groups in total. The molecule has 0 spiro atoms. The molecular weight excluding hydrogens is 390 g/mol. The van der Waals surface area contributed by atoms with Crippen molar-refractivity contribution in [2.45, 2.75) is 38.6 Å². The van der Waals surface area contributed by atoms with Gasteiger partial charge in [0, 0.05) is 24.3 Å². The van der Waals surface area contributed by atoms with Gasteiger partial charge in [0.1, 0.15) is 11.4 Å². The van der Waals surface area contributed by atoms with Gasteiger partial charge in [-0.2, -0.15) is 0 Å². The van der Waals surface area contributed by atoms with Crippen molar-refractivity contribution in [2.24, 2.45) is 12.8 Å². The number of primary amides is 1. The summed E-state index contributed by atoms with van der Waals surface area (Å²) >= 11 is 0. The molecule has 0 radical (unpaired) electrons. The Bertz CT molecular complexity index is 1350. The van der Waals surface area contributed by atoms with E-state index >= 15 is 0 Å². The number of hydrogen-bond donors (Lipinski definition) is 1. The summed E-state index contributed by atoms with van der Waals surface area (Å²) < 4.78 is 5.75. The molecular formula is C24H25N5O2. The first-order valence-corrected chi connectivity index (χ1v) is 10.6. The largest absolute Gasteiger partial charge is 0.366 e. The van der Waals surface area contributed by atoms with Gasteiger partial charge in [-0.3, -0.25) is 14.3 Å². The van der Waals surface area contributed by atoms with Crippen molar-refractivity contribution < 1.29 is 4.79 Å². The van der Waals surface area contributed by atoms with E-state index in [2.05, 4.69) is 4.57 Å². The summed E-state index contributed by atoms with van der Waals surface area (Å²) in [5, 5.41) is 0. The fraction of sp³-hybridized carbons (Fsp3) is 0.292. The van der Waals surface area contributed by atoms with Crippen molar-refractivity contribution in [1.29, 1.82) is 0 Å². The Hall–Kier alpha value is -3.61. The number of benzene rings is 2. The quantitative estimate of drug-likeness (QED) is 0.551. The SMILES string of the molecule is Cc1c(-c2nc3cc(C(N)=O)ccc3n2C2CCCC2)c(=O)n(-c2ccccc2)n1C. The first-order valence-electron chi connectivity index (χ1n) is 10.6. The third-order valence-corrected chi connectivity index (χ3v) is 6.44. The number of amides is 1. The molecule has 1 fully saturated rings. The smallest absolute Gasteiger partial charge is 0.282 e. The molecule has 7 nitrogen and oxygen atoms in total. The van der Waals surface area contributed by atoms with E-state index in [0.29, 0.717) is 22.5 Å². The number of para-hydroxylation sites is 1. The monoisotopic (exact) mass is 415 g/mol. The highest BCUT2D eigenvalue weighted by Crippen LogP contribution is 2.37. The maximum atomic E-state index is 13.6. The van der Waals surface area contributed by atoms with Crippen molar-refractivity contribution in [3.8, 4) is 17.1 Å². The van der Waals surface area contributed by atoms with E-state index in [4.69, 9.17) is 10.7 Å². The van der Waals surface area contributed by atoms with Crippen LogP contribution in [0.25, 0.3) is 28.1 Å². The lowest BCUT2D eigenvalue weighted by molar-refractivity contribution is 0.100. The summed E-state index contributed by atoms with van der Waals surface area (Å²) in [5.41, 5.74) is 9.67. The fourth-order valence-electron chi connectivity index (χ4n) is 4.79. The van der Waals surface area contributed by atoms with Gasteiger partial charge >= 0.3 is 0 Å². The molecule has 1 saturated carbocycles. The van der Waals surface area contributed by atoms with Gasteiger partial charge in [0.2, 0.25) is 5.91 Å². The average molecular weight is 415 g/mol. The number of nitrogens with two attached hydrogens (primary N) is 1. The topological polar surface area (TPSA) is 87.8 Å². The molecule has 4 aromatic rings. The van der Waals surface area contributed by atoms with Crippen LogP contribution >= 0.6 is 0 Å². The number of carbonyl (C=O) groups is 1. The Balaban J connectivity index is 1.80. The maximum Gasteiger partial charge on any atom is 0.282 e. The van der Waals surface area contributed by atoms with Crippen LogP contribution in [-0.2, 0) is 7.05 Å². The number of imidazole rings is 1. The highest BCUT2D eigenvalue weighted by molar-refractivity contribution is 5.96. The molecule has 1 aliphatic carbocycles. The lowest BCUT2D eigenvalue weighted by atomic mass is 10.1. The molecule has 0 atom stereocenters. The number of nitrogens with zero attached hydrogens (tertiary/aromatic N) is 4. The Kier molecular flexibility index (Phi) is 4.54. The number of carbonyl (C=O) groups excluding carboxylic acids is 1. The van der Waals surface area contributed by atoms with Crippen molar-refractivity contribution in [3.05, 3.63) is 70.1 Å². The standard InChI is InChI=1S/C24H25N5O2/c1-15-21(24(31)29(27(15)2)18-10-4-3-5-11-18)23-26-19-14-16(22(25)30)12-13-20(19)28(23)17-8-6-7-9-17/h3-5,10-14,17H,6-9H2,1-2H3,(H2,25,30). The molecule has 158 valence electrons. The zero-order chi connectivity index (χ0) is 21.7. The zero-order valence-electron chi connectivity index (χ0n) is 17.7. The van der Waals surface area contributed by atoms with Crippen LogP contribution in [0.4, 0.5) is 0 Å². The summed E-state index contributed by atoms with van der Waals surface area (Å²) in [5.74, 6) is 0.178. The van der Waals surface area contributed by atoms with Crippen molar-refractivity contribution in [2.75, 3.05) is 0 Å². The number of aromatic nitrogens is 4. The van der Waals surface area contributed by atoms with Crippen LogP contribution < -0.4 is 11.3 Å². The van der Waals surface area contributed by atoms with Crippen molar-refractivity contribution >= 4 is 16.9 Å². The molecule has 0 aliphatic heterocycles. The Labute approximate surface area is 179 Å². The lowest BCUT2D eigenvalue weighted by Gasteiger charge is -2.16. The molecule has 0 bridgehead atoms. The molecule has 2 aromatic heterocycles. The van der Waals surface area contributed by atoms with Crippen LogP contribution in [0.5, 0.6) is 0 Å². The molecule has 5 rings (SSSR count). The van der Waals surface area contributed by atoms with Gasteiger partial charge in [0.25, 0.3) is 5.56 Å². The Morgan fingerprint density at radius 2 is 1.81 bits per heavy atom. The Morgan fingerprint density at radius 1 is 1.10 bits per heavy atom. The predicted octanol–water partition coefficient (Wildman–Crippen LogP) is 3.72. The zero-order valence-corrected chi connectivity index (χ0v) is 17.7. The maximum absolute atomic E-state index is 13.6. The van der Waals surface area contributed by atoms with E-state index in [1.54, 1.807) is 16.8 Å². The third-order valence-electron chi connectivity index (χ3n) is 6.44. The molecule has 31 heavy (non-hydrogen) atoms. The van der Waals surface area contributed by atoms with E-state index in [1.807, 2.05) is 55.1 Å². The van der Waals surface area contributed by atoms with Crippen LogP contribution in [-0.4, -0.2) is 24.8 Å². The van der Waals surface area contributed by atoms with Crippen LogP contribution in [0.2, 0.25) is 0 Å². The van der Waals surface area contributed by atoms with E-state index in [9.17, 15) is 9.59 Å². The van der Waals surface area contributed by atoms with Gasteiger partial charge in [-0.15, -0.1) is 0 Å². The summed E-state index contributed by atoms with van der Waals surface area (Å²) in [6.45, 7) is 1.95. The highest BCUT2D eigenvalue weighted by atomic mass is 16.1.